The summed E-state index contributed by atoms with van der Waals surface area (Å²) in [4.78, 5) is 47.1. The van der Waals surface area contributed by atoms with E-state index >= 15 is 0 Å². The maximum atomic E-state index is 12.7. The van der Waals surface area contributed by atoms with Crippen LogP contribution < -0.4 is 5.32 Å². The molecule has 0 radical (unpaired) electrons. The minimum absolute atomic E-state index is 0.0448. The summed E-state index contributed by atoms with van der Waals surface area (Å²) >= 11 is 0. The third-order valence-corrected chi connectivity index (χ3v) is 4.11. The van der Waals surface area contributed by atoms with Gasteiger partial charge < -0.3 is 10.1 Å². The van der Waals surface area contributed by atoms with E-state index in [1.807, 2.05) is 0 Å². The van der Waals surface area contributed by atoms with E-state index in [1.165, 1.54) is 18.2 Å². The fourth-order valence-corrected chi connectivity index (χ4v) is 2.68. The van der Waals surface area contributed by atoms with E-state index in [1.54, 1.807) is 54.6 Å². The zero-order valence-electron chi connectivity index (χ0n) is 15.6. The minimum Gasteiger partial charge on any atom is -0.452 e. The summed E-state index contributed by atoms with van der Waals surface area (Å²) in [7, 11) is 0. The summed E-state index contributed by atoms with van der Waals surface area (Å²) < 4.78 is 4.92. The van der Waals surface area contributed by atoms with E-state index in [0.29, 0.717) is 11.1 Å². The number of nitro groups is 1. The number of para-hydroxylation sites is 1. The summed E-state index contributed by atoms with van der Waals surface area (Å²) in [6, 6.07) is 20.1. The van der Waals surface area contributed by atoms with E-state index in [0.717, 1.165) is 6.07 Å². The van der Waals surface area contributed by atoms with Gasteiger partial charge in [0.05, 0.1) is 16.2 Å². The van der Waals surface area contributed by atoms with Crippen LogP contribution in [0.5, 0.6) is 0 Å². The van der Waals surface area contributed by atoms with E-state index < -0.39 is 23.4 Å². The highest BCUT2D eigenvalue weighted by molar-refractivity contribution is 6.14. The number of hydrogen-bond donors (Lipinski definition) is 1. The van der Waals surface area contributed by atoms with Crippen molar-refractivity contribution in [3.05, 3.63) is 106 Å². The summed E-state index contributed by atoms with van der Waals surface area (Å²) in [5, 5.41) is 13.3. The van der Waals surface area contributed by atoms with Gasteiger partial charge in [-0.1, -0.05) is 48.5 Å². The monoisotopic (exact) mass is 404 g/mol. The Balaban J connectivity index is 1.66. The molecule has 0 heterocycles. The van der Waals surface area contributed by atoms with Gasteiger partial charge in [-0.3, -0.25) is 19.7 Å². The van der Waals surface area contributed by atoms with Gasteiger partial charge in [-0.25, -0.2) is 4.79 Å². The van der Waals surface area contributed by atoms with Crippen LogP contribution in [0.3, 0.4) is 0 Å². The van der Waals surface area contributed by atoms with Crippen molar-refractivity contribution in [1.29, 1.82) is 0 Å². The molecule has 0 unspecified atom stereocenters. The molecule has 0 aliphatic rings. The molecule has 150 valence electrons. The number of carbonyl (C=O) groups is 3. The third kappa shape index (κ3) is 4.93. The average Bonchev–Trinajstić information content (AvgIpc) is 2.78. The number of esters is 1. The van der Waals surface area contributed by atoms with Crippen LogP contribution in [0.4, 0.5) is 11.4 Å². The first-order chi connectivity index (χ1) is 14.5. The summed E-state index contributed by atoms with van der Waals surface area (Å²) in [5.74, 6) is -1.79. The lowest BCUT2D eigenvalue weighted by molar-refractivity contribution is -0.384. The molecular formula is C22H16N2O6. The lowest BCUT2D eigenvalue weighted by Crippen LogP contribution is -2.22. The van der Waals surface area contributed by atoms with E-state index in [2.05, 4.69) is 5.32 Å². The maximum Gasteiger partial charge on any atom is 0.338 e. The van der Waals surface area contributed by atoms with Crippen LogP contribution >= 0.6 is 0 Å². The van der Waals surface area contributed by atoms with Gasteiger partial charge in [0.15, 0.2) is 12.4 Å². The molecule has 1 N–H and O–H groups in total. The molecule has 3 aromatic carbocycles. The number of ether oxygens (including phenoxy) is 1. The number of non-ortho nitro benzene ring substituents is 1. The van der Waals surface area contributed by atoms with Crippen molar-refractivity contribution >= 4 is 29.0 Å². The number of benzene rings is 3. The molecular weight excluding hydrogens is 388 g/mol. The van der Waals surface area contributed by atoms with Crippen molar-refractivity contribution in [3.8, 4) is 0 Å². The zero-order valence-corrected chi connectivity index (χ0v) is 15.6. The third-order valence-electron chi connectivity index (χ3n) is 4.11. The number of hydrogen-bond acceptors (Lipinski definition) is 6. The normalized spacial score (nSPS) is 10.1. The van der Waals surface area contributed by atoms with Crippen molar-refractivity contribution in [3.63, 3.8) is 0 Å². The highest BCUT2D eigenvalue weighted by atomic mass is 16.6. The number of nitrogens with zero attached hydrogens (tertiary/aromatic N) is 1. The molecule has 0 aliphatic carbocycles. The molecule has 1 amide bonds. The molecule has 0 saturated carbocycles. The smallest absolute Gasteiger partial charge is 0.338 e. The summed E-state index contributed by atoms with van der Waals surface area (Å²) in [5.41, 5.74) is 0.736. The van der Waals surface area contributed by atoms with Crippen molar-refractivity contribution in [2.45, 2.75) is 0 Å². The van der Waals surface area contributed by atoms with Gasteiger partial charge in [-0.15, -0.1) is 0 Å². The van der Waals surface area contributed by atoms with Gasteiger partial charge in [0.25, 0.3) is 11.6 Å². The largest absolute Gasteiger partial charge is 0.452 e. The molecule has 0 spiro atoms. The first kappa shape index (κ1) is 20.4. The number of carbonyl (C=O) groups excluding carboxylic acids is 3. The highest BCUT2D eigenvalue weighted by Gasteiger charge is 2.17. The molecule has 0 aliphatic heterocycles. The Morgan fingerprint density at radius 3 is 2.27 bits per heavy atom. The minimum atomic E-state index is -0.873. The predicted molar refractivity (Wildman–Crippen MR) is 108 cm³/mol. The molecule has 8 heteroatoms. The van der Waals surface area contributed by atoms with Crippen LogP contribution in [0.1, 0.15) is 26.3 Å². The van der Waals surface area contributed by atoms with Crippen LogP contribution in [0.25, 0.3) is 0 Å². The first-order valence-electron chi connectivity index (χ1n) is 8.86. The van der Waals surface area contributed by atoms with Gasteiger partial charge in [0.2, 0.25) is 0 Å². The topological polar surface area (TPSA) is 116 Å². The Bertz CT molecular complexity index is 1110. The molecule has 3 rings (SSSR count). The van der Waals surface area contributed by atoms with E-state index in [-0.39, 0.29) is 22.7 Å². The first-order valence-corrected chi connectivity index (χ1v) is 8.86. The highest BCUT2D eigenvalue weighted by Crippen LogP contribution is 2.19. The Morgan fingerprint density at radius 1 is 0.867 bits per heavy atom. The SMILES string of the molecule is O=C(COC(=O)c1cccc([N+](=O)[O-])c1)Nc1ccccc1C(=O)c1ccccc1. The Kier molecular flexibility index (Phi) is 6.29. The van der Waals surface area contributed by atoms with Crippen LogP contribution in [0, 0.1) is 10.1 Å². The van der Waals surface area contributed by atoms with Crippen LogP contribution in [0.2, 0.25) is 0 Å². The number of amides is 1. The van der Waals surface area contributed by atoms with Crippen LogP contribution in [0.15, 0.2) is 78.9 Å². The molecule has 3 aromatic rings. The van der Waals surface area contributed by atoms with Gasteiger partial charge >= 0.3 is 5.97 Å². The van der Waals surface area contributed by atoms with Gasteiger partial charge in [-0.05, 0) is 18.2 Å². The summed E-state index contributed by atoms with van der Waals surface area (Å²) in [6.07, 6.45) is 0. The standard InChI is InChI=1S/C22H16N2O6/c25-20(14-30-22(27)16-9-6-10-17(13-16)24(28)29)23-19-12-5-4-11-18(19)21(26)15-7-2-1-3-8-15/h1-13H,14H2,(H,23,25). The Hall–Kier alpha value is -4.33. The quantitative estimate of drug-likeness (QED) is 0.278. The average molecular weight is 404 g/mol. The second-order valence-corrected chi connectivity index (χ2v) is 6.17. The van der Waals surface area contributed by atoms with Crippen LogP contribution in [-0.2, 0) is 9.53 Å². The fraction of sp³-hybridized carbons (Fsp3) is 0.0455. The lowest BCUT2D eigenvalue weighted by atomic mass is 10.0. The van der Waals surface area contributed by atoms with Gasteiger partial charge in [0.1, 0.15) is 0 Å². The molecule has 0 atom stereocenters. The van der Waals surface area contributed by atoms with E-state index in [9.17, 15) is 24.5 Å². The zero-order chi connectivity index (χ0) is 21.5. The van der Waals surface area contributed by atoms with Crippen molar-refractivity contribution in [2.75, 3.05) is 11.9 Å². The molecule has 0 bridgehead atoms. The Labute approximate surface area is 171 Å². The number of ketones is 1. The van der Waals surface area contributed by atoms with Crippen molar-refractivity contribution in [2.24, 2.45) is 0 Å². The molecule has 8 nitrogen and oxygen atoms in total. The van der Waals surface area contributed by atoms with E-state index in [4.69, 9.17) is 4.74 Å². The van der Waals surface area contributed by atoms with Gasteiger partial charge in [-0.2, -0.15) is 0 Å². The predicted octanol–water partition coefficient (Wildman–Crippen LogP) is 3.62. The van der Waals surface area contributed by atoms with Crippen molar-refractivity contribution < 1.29 is 24.0 Å². The second kappa shape index (κ2) is 9.24. The fourth-order valence-electron chi connectivity index (χ4n) is 2.68. The molecule has 0 aromatic heterocycles. The maximum absolute atomic E-state index is 12.7. The lowest BCUT2D eigenvalue weighted by Gasteiger charge is -2.11. The number of rotatable bonds is 7. The molecule has 30 heavy (non-hydrogen) atoms. The second-order valence-electron chi connectivity index (χ2n) is 6.17. The number of nitro benzene ring substituents is 1. The van der Waals surface area contributed by atoms with Gasteiger partial charge in [0, 0.05) is 23.3 Å². The van der Waals surface area contributed by atoms with Crippen molar-refractivity contribution in [1.82, 2.24) is 0 Å². The molecule has 0 fully saturated rings. The Morgan fingerprint density at radius 2 is 1.53 bits per heavy atom. The van der Waals surface area contributed by atoms with Crippen LogP contribution in [-0.4, -0.2) is 29.2 Å². The number of nitrogens with one attached hydrogen (secondary N) is 1. The summed E-state index contributed by atoms with van der Waals surface area (Å²) in [6.45, 7) is -0.616. The molecule has 0 saturated heterocycles. The number of anilines is 1.